The normalized spacial score (nSPS) is 15.6. The average Bonchev–Trinajstić information content (AvgIpc) is 1.64. The topological polar surface area (TPSA) is 365 Å². The molecule has 15 aromatic rings. The molecule has 658 valence electrons. The molecule has 7 heterocycles. The number of nitrogens with zero attached hydrogens (tertiary/aromatic N) is 5. The maximum Gasteiger partial charge on any atom is 0.256 e. The van der Waals surface area contributed by atoms with Gasteiger partial charge in [-0.3, -0.25) is 49.5 Å². The Bertz CT molecular complexity index is 6940. The fourth-order valence-corrected chi connectivity index (χ4v) is 15.1. The van der Waals surface area contributed by atoms with Crippen molar-refractivity contribution in [1.82, 2.24) is 66.9 Å². The van der Waals surface area contributed by atoms with Gasteiger partial charge in [0.15, 0.2) is 0 Å². The molecule has 0 radical (unpaired) electrons. The Morgan fingerprint density at radius 3 is 0.829 bits per heavy atom. The van der Waals surface area contributed by atoms with Gasteiger partial charge in [-0.25, -0.2) is 35.1 Å². The number of carbonyl (C=O) groups is 5. The zero-order valence-corrected chi connectivity index (χ0v) is 70.7. The lowest BCUT2D eigenvalue weighted by molar-refractivity contribution is -0.126. The molecule has 5 aliphatic rings. The molecule has 15 N–H and O–H groups in total. The van der Waals surface area contributed by atoms with Crippen LogP contribution >= 0.6 is 22.7 Å². The predicted molar refractivity (Wildman–Crippen MR) is 487 cm³/mol. The number of rotatable bonds is 23. The zero-order valence-electron chi connectivity index (χ0n) is 69.0. The van der Waals surface area contributed by atoms with Crippen molar-refractivity contribution in [2.24, 2.45) is 0 Å². The van der Waals surface area contributed by atoms with Gasteiger partial charge in [-0.1, -0.05) is 66.8 Å². The van der Waals surface area contributed by atoms with Crippen LogP contribution in [0, 0.1) is 46.5 Å². The minimum Gasteiger partial charge on any atom is -0.380 e. The van der Waals surface area contributed by atoms with E-state index in [4.69, 9.17) is 0 Å². The summed E-state index contributed by atoms with van der Waals surface area (Å²) in [7, 11) is 5.19. The van der Waals surface area contributed by atoms with Gasteiger partial charge in [0.25, 0.3) is 11.8 Å². The van der Waals surface area contributed by atoms with Crippen molar-refractivity contribution in [3.63, 3.8) is 0 Å². The highest BCUT2D eigenvalue weighted by molar-refractivity contribution is 7.11. The van der Waals surface area contributed by atoms with E-state index in [1.54, 1.807) is 135 Å². The second-order valence-electron chi connectivity index (χ2n) is 31.6. The van der Waals surface area contributed by atoms with Crippen molar-refractivity contribution >= 4 is 196 Å². The van der Waals surface area contributed by atoms with Crippen LogP contribution in [0.2, 0.25) is 0 Å². The largest absolute Gasteiger partial charge is 0.380 e. The van der Waals surface area contributed by atoms with Crippen molar-refractivity contribution in [1.29, 1.82) is 0 Å². The van der Waals surface area contributed by atoms with E-state index in [0.29, 0.717) is 114 Å². The average molecular weight is 1790 g/mol. The number of fused-ring (bicyclic) bond motifs is 5. The number of benzene rings is 8. The number of thiophene rings is 2. The fraction of sp³-hybridized carbons (Fsp3) is 0.191. The number of hydrogen-bond donors (Lipinski definition) is 15. The smallest absolute Gasteiger partial charge is 0.256 e. The van der Waals surface area contributed by atoms with E-state index >= 15 is 0 Å². The number of anilines is 5. The highest BCUT2D eigenvalue weighted by Gasteiger charge is 2.52. The van der Waals surface area contributed by atoms with Crippen LogP contribution in [0.5, 0.6) is 0 Å². The molecular formula is C94H82F8N18O7S2. The fourth-order valence-electron chi connectivity index (χ4n) is 13.9. The first-order valence-corrected chi connectivity index (χ1v) is 42.6. The van der Waals surface area contributed by atoms with Gasteiger partial charge in [0, 0.05) is 67.0 Å². The third-order valence-electron chi connectivity index (χ3n) is 22.7. The van der Waals surface area contributed by atoms with E-state index in [1.807, 2.05) is 59.3 Å². The Morgan fingerprint density at radius 2 is 0.581 bits per heavy atom. The Hall–Kier alpha value is -14.2. The molecule has 0 atom stereocenters. The molecule has 0 aliphatic heterocycles. The Morgan fingerprint density at radius 1 is 0.310 bits per heavy atom. The first-order chi connectivity index (χ1) is 62.1. The van der Waals surface area contributed by atoms with Crippen molar-refractivity contribution in [3.8, 4) is 0 Å². The molecule has 0 unspecified atom stereocenters. The molecule has 0 spiro atoms. The van der Waals surface area contributed by atoms with Gasteiger partial charge in [0.2, 0.25) is 17.7 Å². The number of likely N-dealkylation sites (N-methyl/N-ethyl adjacent to an activating group) is 3. The molecule has 5 saturated carbocycles. The highest BCUT2D eigenvalue weighted by Crippen LogP contribution is 2.42. The molecule has 5 aliphatic carbocycles. The molecule has 25 nitrogen and oxygen atoms in total. The van der Waals surface area contributed by atoms with Crippen molar-refractivity contribution < 1.29 is 69.3 Å². The number of halogens is 8. The number of hydrogen-bond acceptors (Lipinski definition) is 17. The van der Waals surface area contributed by atoms with E-state index in [0.717, 1.165) is 59.2 Å². The van der Waals surface area contributed by atoms with Crippen LogP contribution in [-0.2, 0) is 24.0 Å². The number of aromatic nitrogens is 10. The first kappa shape index (κ1) is 88.2. The van der Waals surface area contributed by atoms with Crippen LogP contribution < -0.4 is 42.5 Å². The Labute approximate surface area is 737 Å². The van der Waals surface area contributed by atoms with Gasteiger partial charge in [0.05, 0.1) is 101 Å². The van der Waals surface area contributed by atoms with Crippen molar-refractivity contribution in [2.45, 2.75) is 92.0 Å². The maximum atomic E-state index is 14.4. The molecule has 7 aromatic heterocycles. The van der Waals surface area contributed by atoms with Crippen LogP contribution in [0.15, 0.2) is 168 Å². The van der Waals surface area contributed by atoms with Crippen LogP contribution in [0.4, 0.5) is 63.6 Å². The van der Waals surface area contributed by atoms with Crippen LogP contribution in [0.1, 0.15) is 119 Å². The third kappa shape index (κ3) is 20.4. The summed E-state index contributed by atoms with van der Waals surface area (Å²) >= 11 is 3.23. The second kappa shape index (κ2) is 37.0. The number of H-pyrrole nitrogens is 5. The molecule has 5 amide bonds. The van der Waals surface area contributed by atoms with Crippen molar-refractivity contribution in [3.05, 3.63) is 270 Å². The maximum absolute atomic E-state index is 14.4. The van der Waals surface area contributed by atoms with Gasteiger partial charge in [-0.2, -0.15) is 25.5 Å². The van der Waals surface area contributed by atoms with Crippen LogP contribution in [-0.4, -0.2) is 140 Å². The minimum atomic E-state index is -1.39. The zero-order chi connectivity index (χ0) is 90.5. The standard InChI is InChI=1S/2C20H18F2N4O.C19H15F2N3O2.C18H17FN4OS.C17H14FN3O2S/c1-23-20(8-9-20)19(27)24-18-10-14-16(25-26-17(14)11-15(18)22)7-4-12-2-5-13(21)6-3-12;1-23-20(7-8-20)19(27)24-18-10-14-16(25-26-17(14)11-15(18)22)6-5-12-3-2-4-13(21)9-12;20-12-3-1-2-11(8-12)4-5-15-13-9-17(14(21)10-16(13)24-23-15)22-18(25)19(26)6-7-19;1-20-18(6-7-18)17(24)21-16-9-12-14(5-4-11-3-2-8-25-11)22-23-15(12)10-13(16)19;18-12-9-14-11(8-15(12)19-16(22)17(23)5-6-17)13(20-21-14)4-3-10-2-1-7-24-10/h2-7,10-11,23H,8-9H2,1H3,(H,24,27)(H,25,26);2-6,9-11,23H,7-8H2,1H3,(H,24,27)(H,25,26);1-5,8-10,26H,6-7H2,(H,22,25)(H,23,24);2-5,8-10,20H,6-7H2,1H3,(H,21,24)(H,22,23);1-4,7-9,23H,5-6H2,(H,19,22)(H,20,21)/b7-4+;6-5+;2*5-4+;4-3+. The lowest BCUT2D eigenvalue weighted by atomic mass is 10.1. The molecule has 8 aromatic carbocycles. The van der Waals surface area contributed by atoms with Gasteiger partial charge in [-0.05, 0) is 234 Å². The quantitative estimate of drug-likeness (QED) is 0.0265. The molecule has 0 saturated heterocycles. The third-order valence-corrected chi connectivity index (χ3v) is 24.4. The van der Waals surface area contributed by atoms with E-state index < -0.39 is 68.7 Å². The summed E-state index contributed by atoms with van der Waals surface area (Å²) in [4.78, 5) is 63.1. The summed E-state index contributed by atoms with van der Waals surface area (Å²) < 4.78 is 111. The monoisotopic (exact) mass is 1790 g/mol. The SMILES string of the molecule is CNC1(C(=O)Nc2cc3c(/C=C/c4ccc(F)cc4)n[nH]c3cc2F)CC1.CNC1(C(=O)Nc2cc3c(/C=C/c4cccc(F)c4)n[nH]c3cc2F)CC1.CNC1(C(=O)Nc2cc3c(/C=C/c4cccs4)n[nH]c3cc2F)CC1.O=C(Nc1cc2c(/C=C/c3cccc(F)c3)n[nH]c2cc1F)C1(O)CC1.O=C(Nc1cc2c(/C=C/c3cccs3)n[nH]c2cc1F)C1(O)CC1. The summed E-state index contributed by atoms with van der Waals surface area (Å²) in [5, 5.41) is 83.7. The van der Waals surface area contributed by atoms with E-state index in [1.165, 1.54) is 78.9 Å². The van der Waals surface area contributed by atoms with E-state index in [2.05, 4.69) is 93.5 Å². The van der Waals surface area contributed by atoms with Gasteiger partial charge in [-0.15, -0.1) is 22.7 Å². The Kier molecular flexibility index (Phi) is 25.3. The number of aliphatic hydroxyl groups is 2. The molecule has 5 fully saturated rings. The summed E-state index contributed by atoms with van der Waals surface area (Å²) in [5.41, 5.74) is 3.76. The van der Waals surface area contributed by atoms with Gasteiger partial charge >= 0.3 is 0 Å². The lowest BCUT2D eigenvalue weighted by Crippen LogP contribution is -2.40. The van der Waals surface area contributed by atoms with Crippen LogP contribution in [0.25, 0.3) is 115 Å². The van der Waals surface area contributed by atoms with Gasteiger partial charge < -0.3 is 52.7 Å². The number of aromatic amines is 5. The Balaban J connectivity index is 0.000000118. The number of carbonyl (C=O) groups excluding carboxylic acids is 5. The molecule has 129 heavy (non-hydrogen) atoms. The van der Waals surface area contributed by atoms with Crippen molar-refractivity contribution in [2.75, 3.05) is 47.7 Å². The van der Waals surface area contributed by atoms with E-state index in [-0.39, 0.29) is 63.6 Å². The summed E-state index contributed by atoms with van der Waals surface area (Å²) in [5.74, 6) is -5.58. The summed E-state index contributed by atoms with van der Waals surface area (Å²) in [6.07, 6.45) is 23.9. The first-order valence-electron chi connectivity index (χ1n) is 40.8. The second-order valence-corrected chi connectivity index (χ2v) is 33.6. The summed E-state index contributed by atoms with van der Waals surface area (Å²) in [6.45, 7) is 0. The molecular weight excluding hydrogens is 1710 g/mol. The number of nitrogens with one attached hydrogen (secondary N) is 13. The number of amides is 5. The summed E-state index contributed by atoms with van der Waals surface area (Å²) in [6, 6.07) is 40.5. The predicted octanol–water partition coefficient (Wildman–Crippen LogP) is 17.9. The molecule has 35 heteroatoms. The molecule has 0 bridgehead atoms. The van der Waals surface area contributed by atoms with Gasteiger partial charge in [0.1, 0.15) is 57.7 Å². The highest BCUT2D eigenvalue weighted by atomic mass is 32.1. The van der Waals surface area contributed by atoms with E-state index in [9.17, 15) is 69.3 Å². The lowest BCUT2D eigenvalue weighted by Gasteiger charge is -2.14. The minimum absolute atomic E-state index is 0.0235. The molecule has 20 rings (SSSR count). The van der Waals surface area contributed by atoms with Crippen LogP contribution in [0.3, 0.4) is 0 Å².